The third-order valence-corrected chi connectivity index (χ3v) is 7.71. The molecule has 5 nitrogen and oxygen atoms in total. The first-order valence-corrected chi connectivity index (χ1v) is 14.1. The van der Waals surface area contributed by atoms with Crippen molar-refractivity contribution in [1.29, 1.82) is 0 Å². The summed E-state index contributed by atoms with van der Waals surface area (Å²) in [6.45, 7) is 1.52. The van der Waals surface area contributed by atoms with E-state index in [1.807, 2.05) is 36.4 Å². The van der Waals surface area contributed by atoms with E-state index in [0.29, 0.717) is 0 Å². The molecule has 5 heteroatoms. The number of benzene rings is 3. The van der Waals surface area contributed by atoms with Crippen molar-refractivity contribution in [3.8, 4) is 17.2 Å². The van der Waals surface area contributed by atoms with Crippen molar-refractivity contribution >= 4 is 11.1 Å². The van der Waals surface area contributed by atoms with Gasteiger partial charge in [0.1, 0.15) is 17.2 Å². The van der Waals surface area contributed by atoms with Crippen LogP contribution in [0.4, 0.5) is 0 Å². The summed E-state index contributed by atoms with van der Waals surface area (Å²) in [5.74, 6) is 1.96. The fraction of sp³-hybridized carbons (Fsp3) is 0.394. The summed E-state index contributed by atoms with van der Waals surface area (Å²) in [7, 11) is 0. The summed E-state index contributed by atoms with van der Waals surface area (Å²) in [5, 5.41) is 10.9. The van der Waals surface area contributed by atoms with Gasteiger partial charge in [-0.25, -0.2) is 0 Å². The molecule has 2 unspecified atom stereocenters. The number of aromatic hydroxyl groups is 1. The molecule has 2 heterocycles. The molecule has 3 aliphatic rings. The van der Waals surface area contributed by atoms with Gasteiger partial charge >= 0.3 is 0 Å². The minimum atomic E-state index is -0.170. The average molecular weight is 513 g/mol. The van der Waals surface area contributed by atoms with Gasteiger partial charge in [-0.15, -0.1) is 0 Å². The molecule has 0 radical (unpaired) electrons. The Hall–Kier alpha value is -3.28. The maximum absolute atomic E-state index is 10.9. The normalized spacial score (nSPS) is 21.9. The largest absolute Gasteiger partial charge is 0.507 e. The minimum absolute atomic E-state index is 0.161. The lowest BCUT2D eigenvalue weighted by Crippen LogP contribution is -2.25. The van der Waals surface area contributed by atoms with Crippen LogP contribution in [0.3, 0.4) is 0 Å². The summed E-state index contributed by atoms with van der Waals surface area (Å²) in [4.78, 5) is 0. The fourth-order valence-electron chi connectivity index (χ4n) is 5.77. The molecule has 2 aliphatic heterocycles. The lowest BCUT2D eigenvalue weighted by molar-refractivity contribution is -0.106. The first kappa shape index (κ1) is 25.0. The van der Waals surface area contributed by atoms with Crippen LogP contribution in [-0.4, -0.2) is 30.9 Å². The third kappa shape index (κ3) is 5.59. The van der Waals surface area contributed by atoms with Crippen molar-refractivity contribution in [2.24, 2.45) is 0 Å². The lowest BCUT2D eigenvalue weighted by atomic mass is 9.87. The maximum atomic E-state index is 10.9. The van der Waals surface area contributed by atoms with Crippen molar-refractivity contribution in [3.05, 3.63) is 89.0 Å². The molecular formula is C33H36O5. The summed E-state index contributed by atoms with van der Waals surface area (Å²) in [6.07, 6.45) is 8.87. The van der Waals surface area contributed by atoms with Crippen LogP contribution in [-0.2, 0) is 15.9 Å². The van der Waals surface area contributed by atoms with Gasteiger partial charge in [0, 0.05) is 18.4 Å². The molecule has 0 amide bonds. The molecule has 6 rings (SSSR count). The topological polar surface area (TPSA) is 57.2 Å². The Morgan fingerprint density at radius 1 is 0.658 bits per heavy atom. The van der Waals surface area contributed by atoms with E-state index < -0.39 is 0 Å². The molecule has 3 aromatic rings. The van der Waals surface area contributed by atoms with Crippen LogP contribution in [0.5, 0.6) is 17.2 Å². The molecule has 38 heavy (non-hydrogen) atoms. The Morgan fingerprint density at radius 3 is 2.03 bits per heavy atom. The van der Waals surface area contributed by atoms with Gasteiger partial charge in [0.2, 0.25) is 0 Å². The highest BCUT2D eigenvalue weighted by molar-refractivity contribution is 6.01. The van der Waals surface area contributed by atoms with Gasteiger partial charge in [0.05, 0.1) is 13.2 Å². The van der Waals surface area contributed by atoms with Crippen LogP contribution in [0, 0.1) is 0 Å². The molecule has 198 valence electrons. The van der Waals surface area contributed by atoms with E-state index in [1.54, 1.807) is 6.07 Å². The van der Waals surface area contributed by atoms with Crippen molar-refractivity contribution in [1.82, 2.24) is 0 Å². The Labute approximate surface area is 225 Å². The molecule has 1 aliphatic carbocycles. The molecule has 2 saturated heterocycles. The second-order valence-corrected chi connectivity index (χ2v) is 10.4. The second kappa shape index (κ2) is 11.6. The third-order valence-electron chi connectivity index (χ3n) is 7.71. The Kier molecular flexibility index (Phi) is 7.66. The van der Waals surface area contributed by atoms with Crippen molar-refractivity contribution in [3.63, 3.8) is 0 Å². The van der Waals surface area contributed by atoms with E-state index >= 15 is 0 Å². The van der Waals surface area contributed by atoms with Gasteiger partial charge in [-0.1, -0.05) is 36.4 Å². The van der Waals surface area contributed by atoms with Crippen LogP contribution in [0.25, 0.3) is 11.1 Å². The molecule has 2 fully saturated rings. The highest BCUT2D eigenvalue weighted by Gasteiger charge is 2.24. The Balaban J connectivity index is 1.36. The van der Waals surface area contributed by atoms with Gasteiger partial charge in [0.15, 0.2) is 12.6 Å². The quantitative estimate of drug-likeness (QED) is 0.371. The Morgan fingerprint density at radius 2 is 1.34 bits per heavy atom. The van der Waals surface area contributed by atoms with Gasteiger partial charge in [-0.05, 0) is 103 Å². The average Bonchev–Trinajstić information content (AvgIpc) is 3.14. The fourth-order valence-corrected chi connectivity index (χ4v) is 5.77. The van der Waals surface area contributed by atoms with E-state index in [4.69, 9.17) is 18.9 Å². The van der Waals surface area contributed by atoms with Crippen molar-refractivity contribution in [2.75, 3.05) is 13.2 Å². The van der Waals surface area contributed by atoms with Gasteiger partial charge < -0.3 is 24.1 Å². The number of phenolic OH excluding ortho intramolecular Hbond substituents is 1. The standard InChI is InChI=1S/C33H36O5/c34-30-11-2-1-9-29(30)33-27(23-14-16-25(17-15-23)37-31-12-3-5-20-35-31)10-7-8-24-22-26(18-19-28(24)33)38-32-13-4-6-21-36-32/h1-2,9,11,14-19,22,31-32,34H,3-8,10,12-13,20-21H2. The summed E-state index contributed by atoms with van der Waals surface area (Å²) >= 11 is 0. The van der Waals surface area contributed by atoms with E-state index in [1.165, 1.54) is 11.1 Å². The zero-order valence-corrected chi connectivity index (χ0v) is 21.9. The zero-order valence-electron chi connectivity index (χ0n) is 21.9. The first-order chi connectivity index (χ1) is 18.7. The SMILES string of the molecule is Oc1ccccc1C1=C(c2ccc(OC3CCCCO3)cc2)CCCc2cc(OC3CCCCO3)ccc21. The number of phenols is 1. The zero-order chi connectivity index (χ0) is 25.7. The molecule has 2 atom stereocenters. The number of rotatable bonds is 6. The van der Waals surface area contributed by atoms with Gasteiger partial charge in [-0.3, -0.25) is 0 Å². The van der Waals surface area contributed by atoms with E-state index in [2.05, 4.69) is 24.3 Å². The summed E-state index contributed by atoms with van der Waals surface area (Å²) in [6, 6.07) is 22.3. The highest BCUT2D eigenvalue weighted by Crippen LogP contribution is 2.43. The molecule has 0 aromatic heterocycles. The monoisotopic (exact) mass is 512 g/mol. The van der Waals surface area contributed by atoms with Crippen molar-refractivity contribution < 1.29 is 24.1 Å². The van der Waals surface area contributed by atoms with Crippen LogP contribution in [0.15, 0.2) is 66.7 Å². The second-order valence-electron chi connectivity index (χ2n) is 10.4. The van der Waals surface area contributed by atoms with Crippen molar-refractivity contribution in [2.45, 2.75) is 70.4 Å². The summed E-state index contributed by atoms with van der Waals surface area (Å²) < 4.78 is 23.8. The molecule has 1 N–H and O–H groups in total. The molecule has 0 bridgehead atoms. The maximum Gasteiger partial charge on any atom is 0.199 e. The van der Waals surface area contributed by atoms with Crippen LogP contribution in [0.2, 0.25) is 0 Å². The molecule has 3 aromatic carbocycles. The van der Waals surface area contributed by atoms with Crippen LogP contribution in [0.1, 0.15) is 73.6 Å². The smallest absolute Gasteiger partial charge is 0.199 e. The molecule has 0 saturated carbocycles. The van der Waals surface area contributed by atoms with Crippen LogP contribution < -0.4 is 9.47 Å². The predicted molar refractivity (Wildman–Crippen MR) is 148 cm³/mol. The van der Waals surface area contributed by atoms with Crippen LogP contribution >= 0.6 is 0 Å². The van der Waals surface area contributed by atoms with Gasteiger partial charge in [0.25, 0.3) is 0 Å². The first-order valence-electron chi connectivity index (χ1n) is 14.1. The number of para-hydroxylation sites is 1. The minimum Gasteiger partial charge on any atom is -0.507 e. The van der Waals surface area contributed by atoms with Gasteiger partial charge in [-0.2, -0.15) is 0 Å². The number of aryl methyl sites for hydroxylation is 1. The number of allylic oxidation sites excluding steroid dienone is 1. The number of hydrogen-bond donors (Lipinski definition) is 1. The number of ether oxygens (including phenoxy) is 4. The number of fused-ring (bicyclic) bond motifs is 1. The van der Waals surface area contributed by atoms with E-state index in [9.17, 15) is 5.11 Å². The Bertz CT molecular complexity index is 1270. The summed E-state index contributed by atoms with van der Waals surface area (Å²) in [5.41, 5.74) is 6.69. The van der Waals surface area contributed by atoms with E-state index in [-0.39, 0.29) is 18.3 Å². The molecule has 0 spiro atoms. The van der Waals surface area contributed by atoms with E-state index in [0.717, 1.165) is 105 Å². The lowest BCUT2D eigenvalue weighted by Gasteiger charge is -2.24. The predicted octanol–water partition coefficient (Wildman–Crippen LogP) is 7.50. The molecular weight excluding hydrogens is 476 g/mol. The number of hydrogen-bond acceptors (Lipinski definition) is 5. The highest BCUT2D eigenvalue weighted by atomic mass is 16.7.